The van der Waals surface area contributed by atoms with Crippen LogP contribution < -0.4 is 5.43 Å². The number of fused-ring (bicyclic) bond motifs is 1. The molecule has 21 heavy (non-hydrogen) atoms. The maximum atomic E-state index is 12.0. The van der Waals surface area contributed by atoms with E-state index in [1.165, 1.54) is 12.1 Å². The van der Waals surface area contributed by atoms with Gasteiger partial charge >= 0.3 is 0 Å². The summed E-state index contributed by atoms with van der Waals surface area (Å²) >= 11 is 0. The van der Waals surface area contributed by atoms with E-state index in [4.69, 9.17) is 4.42 Å². The van der Waals surface area contributed by atoms with Crippen molar-refractivity contribution in [3.63, 3.8) is 0 Å². The Hall–Kier alpha value is -2.59. The minimum Gasteiger partial charge on any atom is -0.507 e. The topological polar surface area (TPSA) is 70.7 Å². The number of hydrogen-bond acceptors (Lipinski definition) is 4. The summed E-state index contributed by atoms with van der Waals surface area (Å²) < 4.78 is 5.55. The maximum Gasteiger partial charge on any atom is 0.196 e. The van der Waals surface area contributed by atoms with Crippen LogP contribution >= 0.6 is 0 Å². The van der Waals surface area contributed by atoms with Crippen molar-refractivity contribution >= 4 is 11.0 Å². The van der Waals surface area contributed by atoms with Gasteiger partial charge in [-0.3, -0.25) is 4.79 Å². The number of aliphatic hydroxyl groups excluding tert-OH is 1. The third-order valence-electron chi connectivity index (χ3n) is 3.35. The molecule has 0 aliphatic rings. The van der Waals surface area contributed by atoms with Gasteiger partial charge in [-0.05, 0) is 17.7 Å². The van der Waals surface area contributed by atoms with Gasteiger partial charge in [-0.15, -0.1) is 0 Å². The van der Waals surface area contributed by atoms with Gasteiger partial charge in [-0.1, -0.05) is 36.4 Å². The van der Waals surface area contributed by atoms with Gasteiger partial charge in [0, 0.05) is 12.5 Å². The summed E-state index contributed by atoms with van der Waals surface area (Å²) in [6.07, 6.45) is -0.555. The summed E-state index contributed by atoms with van der Waals surface area (Å²) in [6, 6.07) is 15.3. The summed E-state index contributed by atoms with van der Waals surface area (Å²) in [5.74, 6) is 0.0762. The molecule has 0 spiro atoms. The van der Waals surface area contributed by atoms with E-state index in [2.05, 4.69) is 0 Å². The van der Waals surface area contributed by atoms with Crippen molar-refractivity contribution in [2.75, 3.05) is 0 Å². The van der Waals surface area contributed by atoms with E-state index in [1.807, 2.05) is 30.3 Å². The highest BCUT2D eigenvalue weighted by Crippen LogP contribution is 2.25. The fourth-order valence-corrected chi connectivity index (χ4v) is 2.31. The minimum atomic E-state index is -0.910. The number of benzene rings is 2. The second-order valence-electron chi connectivity index (χ2n) is 4.87. The van der Waals surface area contributed by atoms with Crippen molar-refractivity contribution in [1.82, 2.24) is 0 Å². The van der Waals surface area contributed by atoms with Crippen LogP contribution in [0.2, 0.25) is 0 Å². The molecule has 0 saturated heterocycles. The fourth-order valence-electron chi connectivity index (χ4n) is 2.31. The van der Waals surface area contributed by atoms with Gasteiger partial charge < -0.3 is 14.6 Å². The molecule has 0 aliphatic carbocycles. The Morgan fingerprint density at radius 2 is 1.81 bits per heavy atom. The van der Waals surface area contributed by atoms with Crippen LogP contribution in [0.15, 0.2) is 63.8 Å². The number of hydrogen-bond donors (Lipinski definition) is 2. The van der Waals surface area contributed by atoms with Gasteiger partial charge in [0.2, 0.25) is 0 Å². The first-order valence-electron chi connectivity index (χ1n) is 6.63. The van der Waals surface area contributed by atoms with Crippen LogP contribution in [-0.4, -0.2) is 10.2 Å². The standard InChI is InChI=1S/C17H14O4/c18-12-7-4-8-15-17(12)14(20)10-16(21-15)13(19)9-11-5-2-1-3-6-11/h1-8,10,13,18-19H,9H2. The molecule has 3 rings (SSSR count). The Bertz CT molecular complexity index is 821. The lowest BCUT2D eigenvalue weighted by molar-refractivity contribution is 0.151. The molecule has 1 aromatic heterocycles. The molecular formula is C17H14O4. The summed E-state index contributed by atoms with van der Waals surface area (Å²) in [5, 5.41) is 20.1. The highest BCUT2D eigenvalue weighted by molar-refractivity contribution is 5.82. The van der Waals surface area contributed by atoms with Crippen LogP contribution in [0, 0.1) is 0 Å². The zero-order valence-electron chi connectivity index (χ0n) is 11.2. The Kier molecular flexibility index (Phi) is 3.46. The van der Waals surface area contributed by atoms with Crippen LogP contribution in [0.4, 0.5) is 0 Å². The molecule has 4 heteroatoms. The Morgan fingerprint density at radius 3 is 2.57 bits per heavy atom. The minimum absolute atomic E-state index is 0.120. The van der Waals surface area contributed by atoms with Crippen molar-refractivity contribution in [1.29, 1.82) is 0 Å². The van der Waals surface area contributed by atoms with Crippen molar-refractivity contribution in [3.8, 4) is 5.75 Å². The van der Waals surface area contributed by atoms with E-state index in [0.29, 0.717) is 6.42 Å². The van der Waals surface area contributed by atoms with Gasteiger partial charge in [0.05, 0.1) is 0 Å². The molecule has 0 saturated carbocycles. The molecule has 0 aliphatic heterocycles. The summed E-state index contributed by atoms with van der Waals surface area (Å²) in [7, 11) is 0. The fraction of sp³-hybridized carbons (Fsp3) is 0.118. The van der Waals surface area contributed by atoms with Crippen LogP contribution in [0.25, 0.3) is 11.0 Å². The maximum absolute atomic E-state index is 12.0. The van der Waals surface area contributed by atoms with Gasteiger partial charge in [-0.2, -0.15) is 0 Å². The lowest BCUT2D eigenvalue weighted by atomic mass is 10.1. The summed E-state index contributed by atoms with van der Waals surface area (Å²) in [4.78, 5) is 12.0. The zero-order chi connectivity index (χ0) is 14.8. The highest BCUT2D eigenvalue weighted by atomic mass is 16.4. The molecule has 4 nitrogen and oxygen atoms in total. The van der Waals surface area contributed by atoms with Crippen LogP contribution in [0.1, 0.15) is 17.4 Å². The number of aromatic hydroxyl groups is 1. The first-order chi connectivity index (χ1) is 10.1. The molecule has 1 heterocycles. The van der Waals surface area contributed by atoms with Crippen molar-refractivity contribution in [3.05, 3.63) is 76.1 Å². The monoisotopic (exact) mass is 282 g/mol. The van der Waals surface area contributed by atoms with Gasteiger partial charge in [0.15, 0.2) is 5.43 Å². The van der Waals surface area contributed by atoms with Crippen LogP contribution in [0.5, 0.6) is 5.75 Å². The third-order valence-corrected chi connectivity index (χ3v) is 3.35. The van der Waals surface area contributed by atoms with Crippen LogP contribution in [0.3, 0.4) is 0 Å². The number of rotatable bonds is 3. The van der Waals surface area contributed by atoms with Crippen molar-refractivity contribution in [2.45, 2.75) is 12.5 Å². The number of phenols is 1. The van der Waals surface area contributed by atoms with Crippen molar-refractivity contribution in [2.24, 2.45) is 0 Å². The zero-order valence-corrected chi connectivity index (χ0v) is 11.2. The molecule has 0 fully saturated rings. The molecule has 106 valence electrons. The van der Waals surface area contributed by atoms with E-state index in [0.717, 1.165) is 5.56 Å². The summed E-state index contributed by atoms with van der Waals surface area (Å²) in [6.45, 7) is 0. The largest absolute Gasteiger partial charge is 0.507 e. The van der Waals surface area contributed by atoms with Gasteiger partial charge in [0.25, 0.3) is 0 Å². The van der Waals surface area contributed by atoms with E-state index in [9.17, 15) is 15.0 Å². The van der Waals surface area contributed by atoms with E-state index >= 15 is 0 Å². The average molecular weight is 282 g/mol. The normalized spacial score (nSPS) is 12.4. The van der Waals surface area contributed by atoms with Crippen LogP contribution in [-0.2, 0) is 6.42 Å². The molecule has 2 aromatic carbocycles. The Balaban J connectivity index is 1.99. The molecular weight excluding hydrogens is 268 g/mol. The van der Waals surface area contributed by atoms with E-state index in [1.54, 1.807) is 12.1 Å². The van der Waals surface area contributed by atoms with Gasteiger partial charge in [-0.25, -0.2) is 0 Å². The quantitative estimate of drug-likeness (QED) is 0.775. The van der Waals surface area contributed by atoms with E-state index < -0.39 is 6.10 Å². The van der Waals surface area contributed by atoms with E-state index in [-0.39, 0.29) is 27.9 Å². The predicted molar refractivity (Wildman–Crippen MR) is 79.3 cm³/mol. The average Bonchev–Trinajstić information content (AvgIpc) is 2.48. The molecule has 1 unspecified atom stereocenters. The lowest BCUT2D eigenvalue weighted by Gasteiger charge is -2.11. The summed E-state index contributed by atoms with van der Waals surface area (Å²) in [5.41, 5.74) is 0.852. The second-order valence-corrected chi connectivity index (χ2v) is 4.87. The molecule has 0 radical (unpaired) electrons. The molecule has 2 N–H and O–H groups in total. The third kappa shape index (κ3) is 2.66. The van der Waals surface area contributed by atoms with Gasteiger partial charge in [0.1, 0.15) is 28.6 Å². The Morgan fingerprint density at radius 1 is 1.05 bits per heavy atom. The predicted octanol–water partition coefficient (Wildman–Crippen LogP) is 2.77. The van der Waals surface area contributed by atoms with Crippen molar-refractivity contribution < 1.29 is 14.6 Å². The first kappa shape index (κ1) is 13.4. The number of aliphatic hydroxyl groups is 1. The number of phenolic OH excluding ortho intramolecular Hbond substituents is 1. The smallest absolute Gasteiger partial charge is 0.196 e. The highest BCUT2D eigenvalue weighted by Gasteiger charge is 2.15. The SMILES string of the molecule is O=c1cc(C(O)Cc2ccccc2)oc2cccc(O)c12. The molecule has 0 bridgehead atoms. The molecule has 3 aromatic rings. The molecule has 0 amide bonds. The first-order valence-corrected chi connectivity index (χ1v) is 6.63. The molecule has 1 atom stereocenters. The Labute approximate surface area is 120 Å². The second kappa shape index (κ2) is 5.42. The lowest BCUT2D eigenvalue weighted by Crippen LogP contribution is -2.08.